The van der Waals surface area contributed by atoms with Crippen LogP contribution in [0.4, 0.5) is 5.13 Å². The summed E-state index contributed by atoms with van der Waals surface area (Å²) in [5.74, 6) is -1.25. The number of carbonyl (C=O) groups is 3. The summed E-state index contributed by atoms with van der Waals surface area (Å²) in [7, 11) is 0. The van der Waals surface area contributed by atoms with Crippen LogP contribution in [0.2, 0.25) is 0 Å². The van der Waals surface area contributed by atoms with Gasteiger partial charge in [-0.15, -0.1) is 0 Å². The summed E-state index contributed by atoms with van der Waals surface area (Å²) in [5.41, 5.74) is 1.91. The number of carbonyl (C=O) groups excluding carboxylic acids is 3. The van der Waals surface area contributed by atoms with Gasteiger partial charge in [-0.3, -0.25) is 14.5 Å². The van der Waals surface area contributed by atoms with Crippen molar-refractivity contribution in [3.05, 3.63) is 94.5 Å². The molecule has 2 atom stereocenters. The molecule has 3 heterocycles. The zero-order valence-corrected chi connectivity index (χ0v) is 25.4. The predicted molar refractivity (Wildman–Crippen MR) is 166 cm³/mol. The van der Waals surface area contributed by atoms with Gasteiger partial charge in [-0.2, -0.15) is 0 Å². The monoisotopic (exact) mass is 616 g/mol. The van der Waals surface area contributed by atoms with E-state index in [1.807, 2.05) is 13.8 Å². The quantitative estimate of drug-likeness (QED) is 0.0949. The van der Waals surface area contributed by atoms with Crippen LogP contribution in [0.3, 0.4) is 0 Å². The van der Waals surface area contributed by atoms with E-state index >= 15 is 0 Å². The third-order valence-corrected chi connectivity index (χ3v) is 8.20. The summed E-state index contributed by atoms with van der Waals surface area (Å²) in [5, 5.41) is 11.8. The van der Waals surface area contributed by atoms with Gasteiger partial charge in [-0.1, -0.05) is 42.7 Å². The minimum absolute atomic E-state index is 0.00109. The number of aromatic nitrogens is 1. The molecule has 3 aromatic rings. The van der Waals surface area contributed by atoms with Crippen LogP contribution in [0, 0.1) is 6.92 Å². The molecule has 5 rings (SSSR count). The number of rotatable bonds is 11. The third-order valence-electron chi connectivity index (χ3n) is 7.06. The lowest BCUT2D eigenvalue weighted by molar-refractivity contribution is -0.132. The molecule has 11 heteroatoms. The molecule has 1 saturated heterocycles. The van der Waals surface area contributed by atoms with Crippen molar-refractivity contribution in [1.29, 1.82) is 0 Å². The first-order valence-electron chi connectivity index (χ1n) is 14.0. The third kappa shape index (κ3) is 5.70. The first kappa shape index (κ1) is 30.6. The Morgan fingerprint density at radius 1 is 1.14 bits per heavy atom. The number of thiazole rings is 1. The standard InChI is InChI=1S/C33H32N2O8S/c1-6-13-41-24-12-9-20(17-25(24)40-8-3)27-26(28(36)21-10-11-23-22(16-21)15-18(4)43-23)29(37)31(38)35(27)33-34-19(5)30(44-33)32(39)42-14-7-2/h6-7,9-12,16-18,27,36H,1-2,8,13-15H2,3-5H3. The van der Waals surface area contributed by atoms with Crippen LogP contribution in [-0.2, 0) is 20.7 Å². The number of fused-ring (bicyclic) bond motifs is 1. The van der Waals surface area contributed by atoms with Crippen LogP contribution in [0.5, 0.6) is 17.2 Å². The Morgan fingerprint density at radius 2 is 1.91 bits per heavy atom. The van der Waals surface area contributed by atoms with Gasteiger partial charge < -0.3 is 24.1 Å². The number of nitrogens with zero attached hydrogens (tertiary/aromatic N) is 2. The molecular weight excluding hydrogens is 584 g/mol. The topological polar surface area (TPSA) is 124 Å². The molecule has 1 N–H and O–H groups in total. The minimum Gasteiger partial charge on any atom is -0.507 e. The largest absolute Gasteiger partial charge is 0.507 e. The van der Waals surface area contributed by atoms with E-state index in [1.54, 1.807) is 49.4 Å². The maximum Gasteiger partial charge on any atom is 0.350 e. The summed E-state index contributed by atoms with van der Waals surface area (Å²) >= 11 is 0.919. The molecule has 0 bridgehead atoms. The minimum atomic E-state index is -1.10. The molecule has 2 unspecified atom stereocenters. The highest BCUT2D eigenvalue weighted by Crippen LogP contribution is 2.46. The number of anilines is 1. The zero-order valence-electron chi connectivity index (χ0n) is 24.6. The van der Waals surface area contributed by atoms with E-state index in [-0.39, 0.29) is 40.7 Å². The van der Waals surface area contributed by atoms with Crippen LogP contribution in [0.1, 0.15) is 51.9 Å². The van der Waals surface area contributed by atoms with Crippen LogP contribution in [0.25, 0.3) is 5.76 Å². The number of ether oxygens (including phenoxy) is 4. The van der Waals surface area contributed by atoms with Crippen LogP contribution in [0.15, 0.2) is 67.3 Å². The van der Waals surface area contributed by atoms with E-state index in [0.717, 1.165) is 16.9 Å². The van der Waals surface area contributed by atoms with Gasteiger partial charge >= 0.3 is 11.9 Å². The number of benzene rings is 2. The number of ketones is 1. The van der Waals surface area contributed by atoms with E-state index in [1.165, 1.54) is 11.0 Å². The van der Waals surface area contributed by atoms with E-state index in [0.29, 0.717) is 47.1 Å². The first-order chi connectivity index (χ1) is 21.2. The van der Waals surface area contributed by atoms with Crippen molar-refractivity contribution >= 4 is 39.9 Å². The maximum absolute atomic E-state index is 13.7. The highest BCUT2D eigenvalue weighted by atomic mass is 32.1. The molecule has 2 aliphatic rings. The number of Topliss-reactive ketones (excluding diaryl/α,β-unsaturated/α-hetero) is 1. The zero-order chi connectivity index (χ0) is 31.5. The van der Waals surface area contributed by atoms with E-state index < -0.39 is 23.7 Å². The summed E-state index contributed by atoms with van der Waals surface area (Å²) in [4.78, 5) is 46.0. The van der Waals surface area contributed by atoms with Gasteiger partial charge in [0.25, 0.3) is 5.78 Å². The Bertz CT molecular complexity index is 1690. The number of aryl methyl sites for hydroxylation is 1. The number of amides is 1. The predicted octanol–water partition coefficient (Wildman–Crippen LogP) is 5.71. The number of hydrogen-bond donors (Lipinski definition) is 1. The Kier molecular flexibility index (Phi) is 8.86. The van der Waals surface area contributed by atoms with Gasteiger partial charge in [0.2, 0.25) is 0 Å². The molecule has 2 aromatic carbocycles. The number of hydrogen-bond acceptors (Lipinski definition) is 10. The molecule has 0 radical (unpaired) electrons. The fourth-order valence-electron chi connectivity index (χ4n) is 5.18. The van der Waals surface area contributed by atoms with E-state index in [2.05, 4.69) is 18.1 Å². The van der Waals surface area contributed by atoms with Gasteiger partial charge in [-0.25, -0.2) is 9.78 Å². The van der Waals surface area contributed by atoms with Gasteiger partial charge in [0.15, 0.2) is 16.6 Å². The lowest BCUT2D eigenvalue weighted by atomic mass is 9.94. The molecule has 44 heavy (non-hydrogen) atoms. The maximum atomic E-state index is 13.7. The Labute approximate surface area is 258 Å². The molecule has 0 aliphatic carbocycles. The van der Waals surface area contributed by atoms with Crippen LogP contribution in [-0.4, -0.2) is 53.7 Å². The molecule has 228 valence electrons. The van der Waals surface area contributed by atoms with Crippen molar-refractivity contribution < 1.29 is 38.4 Å². The lowest BCUT2D eigenvalue weighted by Gasteiger charge is -2.24. The first-order valence-corrected chi connectivity index (χ1v) is 14.9. The summed E-state index contributed by atoms with van der Waals surface area (Å²) < 4.78 is 22.6. The van der Waals surface area contributed by atoms with Crippen molar-refractivity contribution in [2.45, 2.75) is 39.3 Å². The van der Waals surface area contributed by atoms with Crippen LogP contribution >= 0.6 is 11.3 Å². The van der Waals surface area contributed by atoms with Crippen molar-refractivity contribution in [2.75, 3.05) is 24.7 Å². The van der Waals surface area contributed by atoms with Crippen molar-refractivity contribution in [2.24, 2.45) is 0 Å². The normalized spacial score (nSPS) is 18.5. The number of aliphatic hydroxyl groups excluding tert-OH is 1. The molecule has 0 saturated carbocycles. The molecular formula is C33H32N2O8S. The van der Waals surface area contributed by atoms with Gasteiger partial charge in [0, 0.05) is 12.0 Å². The molecule has 2 aliphatic heterocycles. The Balaban J connectivity index is 1.68. The van der Waals surface area contributed by atoms with E-state index in [9.17, 15) is 19.5 Å². The fraction of sp³-hybridized carbons (Fsp3) is 0.273. The van der Waals surface area contributed by atoms with Crippen molar-refractivity contribution in [3.63, 3.8) is 0 Å². The van der Waals surface area contributed by atoms with Crippen LogP contribution < -0.4 is 19.1 Å². The molecule has 1 amide bonds. The summed E-state index contributed by atoms with van der Waals surface area (Å²) in [6, 6.07) is 9.07. The van der Waals surface area contributed by atoms with Gasteiger partial charge in [0.1, 0.15) is 35.7 Å². The second kappa shape index (κ2) is 12.8. The average Bonchev–Trinajstić information content (AvgIpc) is 3.66. The Morgan fingerprint density at radius 3 is 2.64 bits per heavy atom. The highest BCUT2D eigenvalue weighted by molar-refractivity contribution is 7.17. The second-order valence-corrected chi connectivity index (χ2v) is 11.1. The van der Waals surface area contributed by atoms with E-state index in [4.69, 9.17) is 18.9 Å². The van der Waals surface area contributed by atoms with Gasteiger partial charge in [-0.05, 0) is 62.2 Å². The molecule has 0 spiro atoms. The number of aliphatic hydroxyl groups is 1. The molecule has 1 aromatic heterocycles. The molecule has 1 fully saturated rings. The fourth-order valence-corrected chi connectivity index (χ4v) is 6.16. The van der Waals surface area contributed by atoms with Crippen molar-refractivity contribution in [1.82, 2.24) is 4.98 Å². The smallest absolute Gasteiger partial charge is 0.350 e. The SMILES string of the molecule is C=CCOC(=O)c1sc(N2C(=O)C(=O)C(=C(O)c3ccc4c(c3)CC(C)O4)C2c2ccc(OCC=C)c(OCC)c2)nc1C. The summed E-state index contributed by atoms with van der Waals surface area (Å²) in [6.07, 6.45) is 3.66. The second-order valence-electron chi connectivity index (χ2n) is 10.2. The molecule has 10 nitrogen and oxygen atoms in total. The van der Waals surface area contributed by atoms with Gasteiger partial charge in [0.05, 0.1) is 23.9 Å². The highest BCUT2D eigenvalue weighted by Gasteiger charge is 2.49. The van der Waals surface area contributed by atoms with Crippen molar-refractivity contribution in [3.8, 4) is 17.2 Å². The Hall–Kier alpha value is -4.90. The number of esters is 1. The summed E-state index contributed by atoms with van der Waals surface area (Å²) in [6.45, 7) is 13.2. The average molecular weight is 617 g/mol. The lowest BCUT2D eigenvalue weighted by Crippen LogP contribution is -2.29.